The molecule has 5 atom stereocenters. The highest BCUT2D eigenvalue weighted by atomic mass is 16.7. The molecule has 1 aromatic heterocycles. The molecule has 8 heteroatoms. The molecule has 1 aromatic carbocycles. The Hall–Kier alpha value is -1.97. The number of hydrogen-bond donors (Lipinski definition) is 4. The van der Waals surface area contributed by atoms with E-state index in [0.29, 0.717) is 16.9 Å². The predicted molar refractivity (Wildman–Crippen MR) is 103 cm³/mol. The lowest BCUT2D eigenvalue weighted by atomic mass is 9.98. The number of ether oxygens (including phenoxy) is 2. The van der Waals surface area contributed by atoms with Gasteiger partial charge in [0.05, 0.1) is 6.61 Å². The number of rotatable bonds is 3. The van der Waals surface area contributed by atoms with Crippen LogP contribution in [0, 0.1) is 6.92 Å². The van der Waals surface area contributed by atoms with Gasteiger partial charge in [0.25, 0.3) is 0 Å². The third-order valence-electron chi connectivity index (χ3n) is 5.93. The van der Waals surface area contributed by atoms with Gasteiger partial charge in [-0.25, -0.2) is 4.79 Å². The Kier molecular flexibility index (Phi) is 5.63. The standard InChI is InChI=1S/C21H26O8/c1-10-14(27-21-18(25)17(24)16(23)15(9-22)28-21)8-7-12-11-5-3-2-4-6-13(11)20(26)29-19(10)12/h7-8,15-18,21-25H,2-6,9H2,1H3/t15-,16-,17+,18-,21-/m1/s1. The Morgan fingerprint density at radius 1 is 1.03 bits per heavy atom. The fourth-order valence-corrected chi connectivity index (χ4v) is 4.22. The zero-order valence-corrected chi connectivity index (χ0v) is 16.2. The zero-order chi connectivity index (χ0) is 20.7. The van der Waals surface area contributed by atoms with E-state index in [-0.39, 0.29) is 5.63 Å². The minimum atomic E-state index is -1.53. The summed E-state index contributed by atoms with van der Waals surface area (Å²) in [5.74, 6) is 0.318. The second kappa shape index (κ2) is 8.04. The van der Waals surface area contributed by atoms with Crippen LogP contribution in [-0.2, 0) is 17.6 Å². The van der Waals surface area contributed by atoms with E-state index in [1.165, 1.54) is 0 Å². The van der Waals surface area contributed by atoms with E-state index in [4.69, 9.17) is 13.9 Å². The van der Waals surface area contributed by atoms with Crippen LogP contribution in [-0.4, -0.2) is 57.7 Å². The van der Waals surface area contributed by atoms with Crippen LogP contribution in [0.4, 0.5) is 0 Å². The summed E-state index contributed by atoms with van der Waals surface area (Å²) in [6.07, 6.45) is -2.24. The Morgan fingerprint density at radius 2 is 1.76 bits per heavy atom. The summed E-state index contributed by atoms with van der Waals surface area (Å²) in [6, 6.07) is 3.54. The summed E-state index contributed by atoms with van der Waals surface area (Å²) in [5, 5.41) is 40.3. The molecule has 0 bridgehead atoms. The van der Waals surface area contributed by atoms with Crippen molar-refractivity contribution in [2.75, 3.05) is 6.61 Å². The quantitative estimate of drug-likeness (QED) is 0.430. The number of aliphatic hydroxyl groups is 4. The van der Waals surface area contributed by atoms with Crippen molar-refractivity contribution >= 4 is 11.0 Å². The molecule has 2 heterocycles. The Bertz CT molecular complexity index is 950. The van der Waals surface area contributed by atoms with Crippen LogP contribution < -0.4 is 10.4 Å². The van der Waals surface area contributed by atoms with Crippen molar-refractivity contribution in [3.05, 3.63) is 39.2 Å². The van der Waals surface area contributed by atoms with Gasteiger partial charge < -0.3 is 34.3 Å². The smallest absolute Gasteiger partial charge is 0.339 e. The van der Waals surface area contributed by atoms with Gasteiger partial charge >= 0.3 is 5.63 Å². The minimum Gasteiger partial charge on any atom is -0.462 e. The van der Waals surface area contributed by atoms with Crippen molar-refractivity contribution in [3.63, 3.8) is 0 Å². The molecular weight excluding hydrogens is 380 g/mol. The molecule has 158 valence electrons. The maximum Gasteiger partial charge on any atom is 0.339 e. The molecule has 0 spiro atoms. The second-order valence-corrected chi connectivity index (χ2v) is 7.79. The molecule has 0 amide bonds. The monoisotopic (exact) mass is 406 g/mol. The van der Waals surface area contributed by atoms with Gasteiger partial charge in [0.15, 0.2) is 0 Å². The van der Waals surface area contributed by atoms with Crippen LogP contribution >= 0.6 is 0 Å². The van der Waals surface area contributed by atoms with Crippen LogP contribution in [0.2, 0.25) is 0 Å². The molecule has 1 saturated heterocycles. The molecule has 4 N–H and O–H groups in total. The van der Waals surface area contributed by atoms with E-state index in [9.17, 15) is 25.2 Å². The molecule has 8 nitrogen and oxygen atoms in total. The molecule has 2 aromatic rings. The Balaban J connectivity index is 1.70. The van der Waals surface area contributed by atoms with Gasteiger partial charge in [-0.2, -0.15) is 0 Å². The molecule has 0 unspecified atom stereocenters. The fourth-order valence-electron chi connectivity index (χ4n) is 4.22. The first kappa shape index (κ1) is 20.3. The van der Waals surface area contributed by atoms with E-state index in [1.807, 2.05) is 6.07 Å². The van der Waals surface area contributed by atoms with E-state index < -0.39 is 37.3 Å². The van der Waals surface area contributed by atoms with Crippen LogP contribution in [0.15, 0.2) is 21.3 Å². The Morgan fingerprint density at radius 3 is 2.48 bits per heavy atom. The highest BCUT2D eigenvalue weighted by Crippen LogP contribution is 2.34. The van der Waals surface area contributed by atoms with E-state index in [1.54, 1.807) is 13.0 Å². The second-order valence-electron chi connectivity index (χ2n) is 7.79. The Labute approximate surface area is 167 Å². The molecule has 1 fully saturated rings. The molecule has 4 rings (SSSR count). The molecule has 29 heavy (non-hydrogen) atoms. The van der Waals surface area contributed by atoms with Gasteiger partial charge in [0, 0.05) is 16.5 Å². The fraction of sp³-hybridized carbons (Fsp3) is 0.571. The average molecular weight is 406 g/mol. The SMILES string of the molecule is Cc1c(O[C@@H]2O[C@H](CO)[C@@H](O)[C@H](O)[C@H]2O)ccc2c3c(c(=O)oc12)CCCCC3. The number of benzene rings is 1. The lowest BCUT2D eigenvalue weighted by Crippen LogP contribution is -2.60. The number of aryl methyl sites for hydroxylation is 2. The van der Waals surface area contributed by atoms with E-state index in [2.05, 4.69) is 0 Å². The summed E-state index contributed by atoms with van der Waals surface area (Å²) in [6.45, 7) is 1.20. The van der Waals surface area contributed by atoms with Crippen LogP contribution in [0.25, 0.3) is 11.0 Å². The van der Waals surface area contributed by atoms with Crippen molar-refractivity contribution in [1.82, 2.24) is 0 Å². The number of hydrogen-bond acceptors (Lipinski definition) is 8. The predicted octanol–water partition coefficient (Wildman–Crippen LogP) is 0.549. The molecule has 0 saturated carbocycles. The summed E-state index contributed by atoms with van der Waals surface area (Å²) in [5.41, 5.74) is 2.44. The summed E-state index contributed by atoms with van der Waals surface area (Å²) < 4.78 is 16.8. The average Bonchev–Trinajstić information content (AvgIpc) is 2.97. The molecular formula is C21H26O8. The van der Waals surface area contributed by atoms with E-state index >= 15 is 0 Å². The first-order valence-electron chi connectivity index (χ1n) is 9.97. The largest absolute Gasteiger partial charge is 0.462 e. The van der Waals surface area contributed by atoms with Crippen molar-refractivity contribution in [2.24, 2.45) is 0 Å². The third kappa shape index (κ3) is 3.55. The molecule has 2 aliphatic rings. The highest BCUT2D eigenvalue weighted by Gasteiger charge is 2.44. The van der Waals surface area contributed by atoms with Gasteiger partial charge in [-0.15, -0.1) is 0 Å². The van der Waals surface area contributed by atoms with Crippen LogP contribution in [0.5, 0.6) is 5.75 Å². The van der Waals surface area contributed by atoms with Crippen LogP contribution in [0.3, 0.4) is 0 Å². The number of fused-ring (bicyclic) bond motifs is 3. The van der Waals surface area contributed by atoms with Crippen molar-refractivity contribution in [3.8, 4) is 5.75 Å². The number of aliphatic hydroxyl groups excluding tert-OH is 4. The van der Waals surface area contributed by atoms with Crippen molar-refractivity contribution in [1.29, 1.82) is 0 Å². The van der Waals surface area contributed by atoms with Gasteiger partial charge in [0.1, 0.15) is 35.7 Å². The lowest BCUT2D eigenvalue weighted by molar-refractivity contribution is -0.277. The normalized spacial score (nSPS) is 30.0. The molecule has 0 radical (unpaired) electrons. The topological polar surface area (TPSA) is 130 Å². The first-order chi connectivity index (χ1) is 13.9. The third-order valence-corrected chi connectivity index (χ3v) is 5.93. The highest BCUT2D eigenvalue weighted by molar-refractivity contribution is 5.86. The maximum absolute atomic E-state index is 12.5. The van der Waals surface area contributed by atoms with Gasteiger partial charge in [-0.1, -0.05) is 6.42 Å². The van der Waals surface area contributed by atoms with Crippen molar-refractivity contribution in [2.45, 2.75) is 69.7 Å². The minimum absolute atomic E-state index is 0.318. The maximum atomic E-state index is 12.5. The summed E-state index contributed by atoms with van der Waals surface area (Å²) in [7, 11) is 0. The first-order valence-corrected chi connectivity index (χ1v) is 9.97. The van der Waals surface area contributed by atoms with Gasteiger partial charge in [-0.05, 0) is 50.3 Å². The molecule has 1 aliphatic heterocycles. The molecule has 1 aliphatic carbocycles. The van der Waals surface area contributed by atoms with Gasteiger partial charge in [-0.3, -0.25) is 0 Å². The van der Waals surface area contributed by atoms with Crippen molar-refractivity contribution < 1.29 is 34.3 Å². The van der Waals surface area contributed by atoms with E-state index in [0.717, 1.165) is 48.6 Å². The zero-order valence-electron chi connectivity index (χ0n) is 16.2. The summed E-state index contributed by atoms with van der Waals surface area (Å²) >= 11 is 0. The van der Waals surface area contributed by atoms with Gasteiger partial charge in [0.2, 0.25) is 6.29 Å². The van der Waals surface area contributed by atoms with Crippen LogP contribution in [0.1, 0.15) is 36.0 Å². The summed E-state index contributed by atoms with van der Waals surface area (Å²) in [4.78, 5) is 12.5. The lowest BCUT2D eigenvalue weighted by Gasteiger charge is -2.39.